The maximum Gasteiger partial charge on any atom is 0.243 e. The highest BCUT2D eigenvalue weighted by atomic mass is 32.1. The minimum absolute atomic E-state index is 0.154. The van der Waals surface area contributed by atoms with Gasteiger partial charge in [-0.3, -0.25) is 9.59 Å². The quantitative estimate of drug-likeness (QED) is 0.162. The fraction of sp³-hybridized carbons (Fsp3) is 0.385. The van der Waals surface area contributed by atoms with E-state index in [1.54, 1.807) is 58.3 Å². The molecule has 2 aromatic rings. The van der Waals surface area contributed by atoms with Crippen molar-refractivity contribution in [3.05, 3.63) is 48.5 Å². The van der Waals surface area contributed by atoms with Gasteiger partial charge >= 0.3 is 0 Å². The number of rotatable bonds is 14. The second kappa shape index (κ2) is 16.5. The minimum atomic E-state index is -0.163. The predicted molar refractivity (Wildman–Crippen MR) is 166 cm³/mol. The predicted octanol–water partition coefficient (Wildman–Crippen LogP) is 5.99. The number of carbonyl (C=O) groups excluding carboxylic acids is 2. The fourth-order valence-corrected chi connectivity index (χ4v) is 3.93. The minimum Gasteiger partial charge on any atom is -0.457 e. The Balaban J connectivity index is 1.87. The van der Waals surface area contributed by atoms with Gasteiger partial charge in [0.25, 0.3) is 0 Å². The molecule has 0 aliphatic rings. The van der Waals surface area contributed by atoms with E-state index < -0.39 is 0 Å². The van der Waals surface area contributed by atoms with Crippen LogP contribution in [-0.2, 0) is 9.59 Å². The summed E-state index contributed by atoms with van der Waals surface area (Å²) in [4.78, 5) is 28.3. The Hall–Kier alpha value is -2.34. The van der Waals surface area contributed by atoms with Crippen LogP contribution in [0.1, 0.15) is 39.5 Å². The second-order valence-corrected chi connectivity index (χ2v) is 10.6. The van der Waals surface area contributed by atoms with E-state index in [1.165, 1.54) is 0 Å². The molecule has 0 bridgehead atoms. The molecule has 0 spiro atoms. The number of anilines is 2. The number of ether oxygens (including phenoxy) is 1. The summed E-state index contributed by atoms with van der Waals surface area (Å²) in [6.45, 7) is 5.87. The highest BCUT2D eigenvalue weighted by Crippen LogP contribution is 2.24. The second-order valence-electron chi connectivity index (χ2n) is 8.36. The van der Waals surface area contributed by atoms with Gasteiger partial charge in [-0.2, -0.15) is 0 Å². The zero-order valence-corrected chi connectivity index (χ0v) is 24.5. The Morgan fingerprint density at radius 1 is 0.730 bits per heavy atom. The molecular weight excluding hydrogens is 545 g/mol. The third kappa shape index (κ3) is 11.7. The first-order chi connectivity index (χ1) is 17.7. The number of nitrogens with zero attached hydrogens (tertiary/aromatic N) is 2. The number of carbonyl (C=O) groups is 2. The number of nitrogens with one attached hydrogen (secondary N) is 2. The van der Waals surface area contributed by atoms with Gasteiger partial charge in [-0.25, -0.2) is 0 Å². The number of thiol groups is 2. The molecule has 0 aliphatic heterocycles. The summed E-state index contributed by atoms with van der Waals surface area (Å²) < 4.78 is 6.70. The lowest BCUT2D eigenvalue weighted by molar-refractivity contribution is -0.117. The van der Waals surface area contributed by atoms with Gasteiger partial charge < -0.3 is 25.2 Å². The average molecular weight is 579 g/mol. The lowest BCUT2D eigenvalue weighted by Gasteiger charge is -2.21. The van der Waals surface area contributed by atoms with Crippen LogP contribution in [0.2, 0.25) is 0 Å². The van der Waals surface area contributed by atoms with Crippen LogP contribution in [-0.4, -0.2) is 56.4 Å². The monoisotopic (exact) mass is 578 g/mol. The summed E-state index contributed by atoms with van der Waals surface area (Å²) in [5.74, 6) is 0.904. The standard InChI is InChI=1S/C26H34N4O3S4/c1-3-5-15-29(25(34)35)17-23(31)27-19-7-11-21(12-8-19)33-22-13-9-20(10-14-22)28-24(32)18-30(26(36)37)16-6-4-2/h7-14H,3-6,15-18H2,1-2H3,(H,27,31)(H,28,32)(H,34,35)(H,36,37). The van der Waals surface area contributed by atoms with E-state index in [0.717, 1.165) is 25.7 Å². The zero-order chi connectivity index (χ0) is 27.2. The van der Waals surface area contributed by atoms with Crippen LogP contribution in [0, 0.1) is 0 Å². The maximum absolute atomic E-state index is 12.4. The number of amides is 2. The van der Waals surface area contributed by atoms with Crippen molar-refractivity contribution in [2.45, 2.75) is 39.5 Å². The van der Waals surface area contributed by atoms with Crippen LogP contribution in [0.15, 0.2) is 48.5 Å². The summed E-state index contributed by atoms with van der Waals surface area (Å²) in [5, 5.41) is 5.73. The highest BCUT2D eigenvalue weighted by Gasteiger charge is 2.13. The van der Waals surface area contributed by atoms with Gasteiger partial charge in [0, 0.05) is 24.5 Å². The average Bonchev–Trinajstić information content (AvgIpc) is 2.86. The van der Waals surface area contributed by atoms with Crippen LogP contribution in [0.5, 0.6) is 11.5 Å². The molecular formula is C26H34N4O3S4. The fourth-order valence-electron chi connectivity index (χ4n) is 3.28. The highest BCUT2D eigenvalue weighted by molar-refractivity contribution is 8.11. The Kier molecular flexibility index (Phi) is 13.8. The van der Waals surface area contributed by atoms with E-state index in [-0.39, 0.29) is 24.9 Å². The molecule has 0 saturated carbocycles. The molecule has 0 aromatic heterocycles. The van der Waals surface area contributed by atoms with Gasteiger partial charge in [-0.05, 0) is 61.4 Å². The van der Waals surface area contributed by atoms with E-state index in [4.69, 9.17) is 29.2 Å². The first-order valence-electron chi connectivity index (χ1n) is 12.1. The van der Waals surface area contributed by atoms with Gasteiger partial charge in [0.15, 0.2) is 0 Å². The van der Waals surface area contributed by atoms with E-state index >= 15 is 0 Å². The molecule has 0 radical (unpaired) electrons. The van der Waals surface area contributed by atoms with Gasteiger partial charge in [0.05, 0.1) is 13.1 Å². The third-order valence-electron chi connectivity index (χ3n) is 5.28. The number of benzene rings is 2. The molecule has 2 N–H and O–H groups in total. The normalized spacial score (nSPS) is 10.4. The summed E-state index contributed by atoms with van der Waals surface area (Å²) in [5.41, 5.74) is 1.31. The molecule has 0 heterocycles. The zero-order valence-electron chi connectivity index (χ0n) is 21.1. The molecule has 0 unspecified atom stereocenters. The number of hydrogen-bond donors (Lipinski definition) is 4. The molecule has 7 nitrogen and oxygen atoms in total. The van der Waals surface area contributed by atoms with E-state index in [9.17, 15) is 9.59 Å². The van der Waals surface area contributed by atoms with Gasteiger partial charge in [0.2, 0.25) is 11.8 Å². The van der Waals surface area contributed by atoms with Crippen molar-refractivity contribution in [1.82, 2.24) is 9.80 Å². The molecule has 37 heavy (non-hydrogen) atoms. The van der Waals surface area contributed by atoms with Crippen molar-refractivity contribution >= 4 is 81.5 Å². The molecule has 2 aromatic carbocycles. The topological polar surface area (TPSA) is 73.9 Å². The maximum atomic E-state index is 12.4. The van der Waals surface area contributed by atoms with Crippen LogP contribution in [0.4, 0.5) is 11.4 Å². The molecule has 0 fully saturated rings. The molecule has 2 rings (SSSR count). The van der Waals surface area contributed by atoms with E-state index in [1.807, 2.05) is 0 Å². The van der Waals surface area contributed by atoms with Gasteiger partial charge in [-0.15, -0.1) is 25.3 Å². The Morgan fingerprint density at radius 3 is 1.38 bits per heavy atom. The number of unbranched alkanes of at least 4 members (excludes halogenated alkanes) is 2. The molecule has 0 atom stereocenters. The summed E-state index contributed by atoms with van der Waals surface area (Å²) >= 11 is 18.7. The summed E-state index contributed by atoms with van der Waals surface area (Å²) in [7, 11) is 0. The molecule has 0 saturated heterocycles. The number of hydrogen-bond acceptors (Lipinski definition) is 5. The SMILES string of the molecule is CCCCN(CC(=O)Nc1ccc(Oc2ccc(NC(=O)CN(CCCC)C(=S)S)cc2)cc1)C(=S)S. The molecule has 2 amide bonds. The van der Waals surface area contributed by atoms with Crippen LogP contribution < -0.4 is 15.4 Å². The Bertz CT molecular complexity index is 965. The number of thiocarbonyl (C=S) groups is 2. The van der Waals surface area contributed by atoms with Crippen molar-refractivity contribution in [3.8, 4) is 11.5 Å². The van der Waals surface area contributed by atoms with E-state index in [0.29, 0.717) is 44.6 Å². The summed E-state index contributed by atoms with van der Waals surface area (Å²) in [6.07, 6.45) is 3.90. The largest absolute Gasteiger partial charge is 0.457 e. The smallest absolute Gasteiger partial charge is 0.243 e. The van der Waals surface area contributed by atoms with Crippen LogP contribution in [0.3, 0.4) is 0 Å². The van der Waals surface area contributed by atoms with Crippen molar-refractivity contribution in [3.63, 3.8) is 0 Å². The lowest BCUT2D eigenvalue weighted by Crippen LogP contribution is -2.35. The van der Waals surface area contributed by atoms with E-state index in [2.05, 4.69) is 49.7 Å². The first kappa shape index (κ1) is 30.9. The van der Waals surface area contributed by atoms with Crippen molar-refractivity contribution in [2.24, 2.45) is 0 Å². The summed E-state index contributed by atoms with van der Waals surface area (Å²) in [6, 6.07) is 14.2. The van der Waals surface area contributed by atoms with Crippen LogP contribution in [0.25, 0.3) is 0 Å². The van der Waals surface area contributed by atoms with Crippen LogP contribution >= 0.6 is 49.7 Å². The van der Waals surface area contributed by atoms with Gasteiger partial charge in [0.1, 0.15) is 20.1 Å². The third-order valence-corrected chi connectivity index (χ3v) is 6.37. The Morgan fingerprint density at radius 2 is 1.08 bits per heavy atom. The van der Waals surface area contributed by atoms with Crippen molar-refractivity contribution in [2.75, 3.05) is 36.8 Å². The Labute approximate surface area is 241 Å². The first-order valence-corrected chi connectivity index (χ1v) is 13.9. The van der Waals surface area contributed by atoms with Crippen molar-refractivity contribution < 1.29 is 14.3 Å². The molecule has 0 aliphatic carbocycles. The molecule has 200 valence electrons. The van der Waals surface area contributed by atoms with Gasteiger partial charge in [-0.1, -0.05) is 51.1 Å². The van der Waals surface area contributed by atoms with Crippen molar-refractivity contribution in [1.29, 1.82) is 0 Å². The molecule has 11 heteroatoms. The lowest BCUT2D eigenvalue weighted by atomic mass is 10.2.